The van der Waals surface area contributed by atoms with Gasteiger partial charge >= 0.3 is 17.9 Å². The van der Waals surface area contributed by atoms with E-state index in [2.05, 4.69) is 4.74 Å². The minimum Gasteiger partial charge on any atom is -0.481 e. The molecule has 7 heteroatoms. The van der Waals surface area contributed by atoms with Crippen LogP contribution in [0.25, 0.3) is 0 Å². The third-order valence-corrected chi connectivity index (χ3v) is 5.85. The van der Waals surface area contributed by atoms with Crippen LogP contribution in [0, 0.1) is 22.7 Å². The van der Waals surface area contributed by atoms with E-state index in [0.29, 0.717) is 18.3 Å². The summed E-state index contributed by atoms with van der Waals surface area (Å²) in [4.78, 5) is 34.4. The Bertz CT molecular complexity index is 517. The molecule has 0 saturated heterocycles. The quantitative estimate of drug-likeness (QED) is 0.585. The van der Waals surface area contributed by atoms with Crippen molar-refractivity contribution in [1.29, 1.82) is 0 Å². The molecule has 2 unspecified atom stereocenters. The Balaban J connectivity index is 1.60. The second-order valence-electron chi connectivity index (χ2n) is 7.50. The van der Waals surface area contributed by atoms with Crippen LogP contribution in [0.15, 0.2) is 0 Å². The number of rotatable bonds is 6. The van der Waals surface area contributed by atoms with Crippen LogP contribution < -0.4 is 0 Å². The molecule has 4 aliphatic carbocycles. The lowest BCUT2D eigenvalue weighted by Gasteiger charge is -2.60. The fourth-order valence-corrected chi connectivity index (χ4v) is 5.40. The van der Waals surface area contributed by atoms with Gasteiger partial charge in [0.2, 0.25) is 0 Å². The lowest BCUT2D eigenvalue weighted by atomic mass is 9.44. The molecule has 4 saturated carbocycles. The highest BCUT2D eigenvalue weighted by Crippen LogP contribution is 2.65. The van der Waals surface area contributed by atoms with Crippen molar-refractivity contribution in [1.82, 2.24) is 0 Å². The summed E-state index contributed by atoms with van der Waals surface area (Å²) in [7, 11) is 0. The summed E-state index contributed by atoms with van der Waals surface area (Å²) in [6.07, 6.45) is 5.03. The Morgan fingerprint density at radius 1 is 1.04 bits per heavy atom. The molecule has 4 aliphatic rings. The highest BCUT2D eigenvalue weighted by atomic mass is 35.5. The van der Waals surface area contributed by atoms with Crippen LogP contribution >= 0.6 is 11.6 Å². The van der Waals surface area contributed by atoms with Crippen molar-refractivity contribution in [2.24, 2.45) is 22.7 Å². The van der Waals surface area contributed by atoms with Crippen LogP contribution in [0.2, 0.25) is 0 Å². The topological polar surface area (TPSA) is 89.9 Å². The van der Waals surface area contributed by atoms with Crippen LogP contribution in [-0.2, 0) is 23.9 Å². The zero-order chi connectivity index (χ0) is 16.7. The van der Waals surface area contributed by atoms with Gasteiger partial charge in [-0.3, -0.25) is 9.59 Å². The van der Waals surface area contributed by atoms with E-state index in [1.165, 1.54) is 0 Å². The van der Waals surface area contributed by atoms with Gasteiger partial charge in [0.1, 0.15) is 5.88 Å². The lowest BCUT2D eigenvalue weighted by Crippen LogP contribution is -2.56. The van der Waals surface area contributed by atoms with Crippen molar-refractivity contribution in [2.75, 3.05) is 19.1 Å². The summed E-state index contributed by atoms with van der Waals surface area (Å²) in [5, 5.41) is 9.67. The van der Waals surface area contributed by atoms with Gasteiger partial charge in [-0.1, -0.05) is 0 Å². The Kier molecular flexibility index (Phi) is 4.29. The zero-order valence-corrected chi connectivity index (χ0v) is 13.6. The highest BCUT2D eigenvalue weighted by molar-refractivity contribution is 6.26. The molecule has 0 aromatic carbocycles. The number of hydrogen-bond acceptors (Lipinski definition) is 5. The smallest absolute Gasteiger partial charge is 0.344 e. The van der Waals surface area contributed by atoms with Crippen molar-refractivity contribution < 1.29 is 29.0 Å². The number of alkyl halides is 1. The van der Waals surface area contributed by atoms with Crippen molar-refractivity contribution >= 4 is 29.5 Å². The van der Waals surface area contributed by atoms with Crippen LogP contribution in [-0.4, -0.2) is 42.1 Å². The number of esters is 2. The maximum absolute atomic E-state index is 11.8. The van der Waals surface area contributed by atoms with Gasteiger partial charge in [-0.25, -0.2) is 4.79 Å². The summed E-state index contributed by atoms with van der Waals surface area (Å²) in [6, 6.07) is 0. The zero-order valence-electron chi connectivity index (χ0n) is 12.9. The van der Waals surface area contributed by atoms with E-state index in [1.54, 1.807) is 0 Å². The minimum absolute atomic E-state index is 0.215. The van der Waals surface area contributed by atoms with E-state index >= 15 is 0 Å². The Labute approximate surface area is 139 Å². The summed E-state index contributed by atoms with van der Waals surface area (Å²) < 4.78 is 9.94. The van der Waals surface area contributed by atoms with Gasteiger partial charge in [0, 0.05) is 5.41 Å². The second-order valence-corrected chi connectivity index (χ2v) is 7.77. The van der Waals surface area contributed by atoms with Gasteiger partial charge in [-0.2, -0.15) is 0 Å². The molecule has 1 N–H and O–H groups in total. The molecule has 0 spiro atoms. The largest absolute Gasteiger partial charge is 0.481 e. The number of carboxylic acids is 1. The van der Waals surface area contributed by atoms with Crippen LogP contribution in [0.5, 0.6) is 0 Å². The monoisotopic (exact) mass is 344 g/mol. The van der Waals surface area contributed by atoms with E-state index in [9.17, 15) is 19.5 Å². The van der Waals surface area contributed by atoms with E-state index in [0.717, 1.165) is 32.1 Å². The van der Waals surface area contributed by atoms with E-state index in [-0.39, 0.29) is 17.9 Å². The van der Waals surface area contributed by atoms with Crippen LogP contribution in [0.1, 0.15) is 38.5 Å². The van der Waals surface area contributed by atoms with Crippen LogP contribution in [0.4, 0.5) is 0 Å². The van der Waals surface area contributed by atoms with Crippen LogP contribution in [0.3, 0.4) is 0 Å². The van der Waals surface area contributed by atoms with Crippen molar-refractivity contribution in [2.45, 2.75) is 38.5 Å². The molecule has 0 amide bonds. The average molecular weight is 345 g/mol. The van der Waals surface area contributed by atoms with E-state index < -0.39 is 29.9 Å². The summed E-state index contributed by atoms with van der Waals surface area (Å²) in [5.74, 6) is -1.45. The second kappa shape index (κ2) is 5.96. The number of carboxylic acid groups (broad SMARTS) is 1. The Morgan fingerprint density at radius 2 is 1.70 bits per heavy atom. The molecule has 0 aromatic heterocycles. The normalized spacial score (nSPS) is 37.4. The van der Waals surface area contributed by atoms with E-state index in [1.807, 2.05) is 0 Å². The maximum Gasteiger partial charge on any atom is 0.344 e. The third kappa shape index (κ3) is 3.18. The predicted molar refractivity (Wildman–Crippen MR) is 79.8 cm³/mol. The van der Waals surface area contributed by atoms with Gasteiger partial charge in [-0.15, -0.1) is 11.6 Å². The first-order valence-electron chi connectivity index (χ1n) is 7.97. The molecule has 23 heavy (non-hydrogen) atoms. The molecular formula is C16H21ClO6. The fraction of sp³-hybridized carbons (Fsp3) is 0.812. The molecule has 4 fully saturated rings. The Morgan fingerprint density at radius 3 is 2.26 bits per heavy atom. The van der Waals surface area contributed by atoms with E-state index in [4.69, 9.17) is 16.3 Å². The van der Waals surface area contributed by atoms with Crippen molar-refractivity contribution in [3.05, 3.63) is 0 Å². The SMILES string of the molecule is O=C(CCl)OCC(=O)OCC12CC3CC(C1)CC(C(=O)O)(C3)C2. The average Bonchev–Trinajstić information content (AvgIpc) is 2.49. The molecule has 0 aromatic rings. The molecule has 0 heterocycles. The Hall–Kier alpha value is -1.30. The van der Waals surface area contributed by atoms with Crippen molar-refractivity contribution in [3.8, 4) is 0 Å². The molecule has 2 atom stereocenters. The number of halogens is 1. The maximum atomic E-state index is 11.8. The first-order chi connectivity index (χ1) is 10.9. The first-order valence-corrected chi connectivity index (χ1v) is 8.50. The first kappa shape index (κ1) is 16.6. The third-order valence-electron chi connectivity index (χ3n) is 5.64. The highest BCUT2D eigenvalue weighted by Gasteiger charge is 2.61. The van der Waals surface area contributed by atoms with Crippen molar-refractivity contribution in [3.63, 3.8) is 0 Å². The molecule has 4 rings (SSSR count). The van der Waals surface area contributed by atoms with Gasteiger partial charge in [-0.05, 0) is 50.4 Å². The number of ether oxygens (including phenoxy) is 2. The number of aliphatic carboxylic acids is 1. The summed E-state index contributed by atoms with van der Waals surface area (Å²) in [6.45, 7) is -0.231. The van der Waals surface area contributed by atoms with Gasteiger partial charge in [0.05, 0.1) is 12.0 Å². The number of hydrogen-bond donors (Lipinski definition) is 1. The minimum atomic E-state index is -0.710. The fourth-order valence-electron chi connectivity index (χ4n) is 5.32. The molecular weight excluding hydrogens is 324 g/mol. The molecule has 0 radical (unpaired) electrons. The number of carbonyl (C=O) groups excluding carboxylic acids is 2. The lowest BCUT2D eigenvalue weighted by molar-refractivity contribution is -0.185. The molecule has 0 aliphatic heterocycles. The summed E-state index contributed by atoms with van der Waals surface area (Å²) in [5.41, 5.74) is -0.865. The molecule has 6 nitrogen and oxygen atoms in total. The predicted octanol–water partition coefficient (Wildman–Crippen LogP) is 1.98. The summed E-state index contributed by atoms with van der Waals surface area (Å²) >= 11 is 5.29. The standard InChI is InChI=1S/C16H21ClO6/c17-6-12(18)22-7-13(19)23-9-15-2-10-1-11(3-15)5-16(4-10,8-15)14(20)21/h10-11H,1-9H2,(H,20,21). The molecule has 128 valence electrons. The van der Waals surface area contributed by atoms with Gasteiger partial charge < -0.3 is 14.6 Å². The van der Waals surface area contributed by atoms with Gasteiger partial charge in [0.25, 0.3) is 0 Å². The molecule has 4 bridgehead atoms. The number of carbonyl (C=O) groups is 3. The van der Waals surface area contributed by atoms with Gasteiger partial charge in [0.15, 0.2) is 6.61 Å².